The predicted octanol–water partition coefficient (Wildman–Crippen LogP) is 27.3. The Bertz CT molecular complexity index is 7830. The van der Waals surface area contributed by atoms with Crippen molar-refractivity contribution >= 4 is 131 Å². The van der Waals surface area contributed by atoms with Gasteiger partial charge in [-0.05, 0) is 116 Å². The fourth-order valence-corrected chi connectivity index (χ4v) is 16.6. The Morgan fingerprint density at radius 2 is 0.320 bits per heavy atom. The van der Waals surface area contributed by atoms with Crippen LogP contribution in [0, 0.1) is 13.8 Å². The summed E-state index contributed by atoms with van der Waals surface area (Å²) in [5.74, 6) is 0. The molecule has 24 rings (SSSR count). The maximum Gasteiger partial charge on any atom is 0.0972 e. The molecule has 12 nitrogen and oxygen atoms in total. The second kappa shape index (κ2) is 30.6. The molecule has 24 aromatic rings. The van der Waals surface area contributed by atoms with Gasteiger partial charge in [-0.15, -0.1) is 0 Å². The zero-order valence-corrected chi connectivity index (χ0v) is 66.3. The van der Waals surface area contributed by atoms with E-state index in [4.69, 9.17) is 49.8 Å². The molecular weight excluding hydrogens is 1490 g/mol. The fraction of sp³-hybridized carbons (Fsp3) is 0.0182. The molecule has 0 bridgehead atoms. The van der Waals surface area contributed by atoms with Gasteiger partial charge in [-0.25, -0.2) is 39.9 Å². The van der Waals surface area contributed by atoms with Gasteiger partial charge in [0.15, 0.2) is 0 Å². The molecule has 122 heavy (non-hydrogen) atoms. The third kappa shape index (κ3) is 13.7. The zero-order valence-electron chi connectivity index (χ0n) is 66.3. The van der Waals surface area contributed by atoms with Gasteiger partial charge in [-0.1, -0.05) is 285 Å². The molecule has 0 unspecified atom stereocenters. The van der Waals surface area contributed by atoms with Gasteiger partial charge in [-0.3, -0.25) is 19.9 Å². The molecule has 0 spiro atoms. The highest BCUT2D eigenvalue weighted by Gasteiger charge is 2.18. The fourth-order valence-electron chi connectivity index (χ4n) is 16.6. The molecule has 12 aromatic carbocycles. The van der Waals surface area contributed by atoms with E-state index < -0.39 is 0 Å². The molecular formula is C110H70N12. The minimum absolute atomic E-state index is 0.897. The van der Waals surface area contributed by atoms with Gasteiger partial charge in [-0.2, -0.15) is 0 Å². The molecule has 0 amide bonds. The van der Waals surface area contributed by atoms with E-state index in [1.807, 2.05) is 86.9 Å². The number of fused-ring (bicyclic) bond motifs is 18. The number of pyridine rings is 12. The van der Waals surface area contributed by atoms with Crippen molar-refractivity contribution in [2.24, 2.45) is 0 Å². The standard InChI is InChI=1S/C42H26N4.C36H22N4.C32H22N4/c1-3-8-27(9-4-1)35-22-18-29-14-16-31-20-24-37(45-41(31)39(29)43-35)33-12-7-13-34(26-33)38-25-21-32-17-15-30-19-23-36(28-10-5-2-6-11-28)44-40(30)42(32)46-38;1-5-27(21-29(7-1)31-17-15-25-13-11-23-9-3-19-37-33(23)35(25)39-31)28-6-2-8-30(22-28)32-18-16-26-14-12-24-10-4-20-38-34(24)36(26)40-32;1-19-3-5-23-11-13-25-15-17-27(35-31(25)29(23)33-19)21-7-9-22(10-8-21)28-18-16-26-14-12-24-6-4-20(2)34-30(24)32(26)36-28/h1-26H;1-22H;3-18H,1-2H3. The number of nitrogens with zero attached hydrogens (tertiary/aromatic N) is 12. The lowest BCUT2D eigenvalue weighted by molar-refractivity contribution is 1.25. The second-order valence-electron chi connectivity index (χ2n) is 30.8. The Balaban J connectivity index is 0.000000110. The van der Waals surface area contributed by atoms with Crippen molar-refractivity contribution in [3.05, 3.63) is 400 Å². The highest BCUT2D eigenvalue weighted by atomic mass is 14.8. The minimum Gasteiger partial charge on any atom is -0.254 e. The third-order valence-electron chi connectivity index (χ3n) is 22.9. The van der Waals surface area contributed by atoms with E-state index in [0.29, 0.717) is 0 Å². The third-order valence-corrected chi connectivity index (χ3v) is 22.9. The predicted molar refractivity (Wildman–Crippen MR) is 501 cm³/mol. The molecule has 12 heteroatoms. The van der Waals surface area contributed by atoms with Gasteiger partial charge < -0.3 is 0 Å². The van der Waals surface area contributed by atoms with Gasteiger partial charge in [0.1, 0.15) is 0 Å². The van der Waals surface area contributed by atoms with E-state index in [9.17, 15) is 0 Å². The van der Waals surface area contributed by atoms with Gasteiger partial charge in [0, 0.05) is 133 Å². The quantitative estimate of drug-likeness (QED) is 0.126. The van der Waals surface area contributed by atoms with Crippen molar-refractivity contribution < 1.29 is 0 Å². The van der Waals surface area contributed by atoms with E-state index in [2.05, 4.69) is 325 Å². The number of hydrogen-bond donors (Lipinski definition) is 0. The lowest BCUT2D eigenvalue weighted by Gasteiger charge is -2.10. The molecule has 0 saturated heterocycles. The molecule has 0 radical (unpaired) electrons. The number of benzene rings is 12. The number of aromatic nitrogens is 12. The molecule has 12 heterocycles. The Morgan fingerprint density at radius 1 is 0.131 bits per heavy atom. The van der Waals surface area contributed by atoms with Crippen molar-refractivity contribution in [1.82, 2.24) is 59.8 Å². The summed E-state index contributed by atoms with van der Waals surface area (Å²) in [6.45, 7) is 4.03. The first-order valence-electron chi connectivity index (χ1n) is 40.8. The summed E-state index contributed by atoms with van der Waals surface area (Å²) in [7, 11) is 0. The number of rotatable bonds is 9. The molecule has 0 fully saturated rings. The Morgan fingerprint density at radius 3 is 0.590 bits per heavy atom. The Labute approximate surface area is 701 Å². The topological polar surface area (TPSA) is 155 Å². The van der Waals surface area contributed by atoms with Crippen LogP contribution in [0.5, 0.6) is 0 Å². The monoisotopic (exact) mass is 1560 g/mol. The largest absolute Gasteiger partial charge is 0.254 e. The van der Waals surface area contributed by atoms with Crippen LogP contribution in [0.1, 0.15) is 11.4 Å². The summed E-state index contributed by atoms with van der Waals surface area (Å²) in [6.07, 6.45) is 3.65. The first-order valence-corrected chi connectivity index (χ1v) is 40.8. The average Bonchev–Trinajstić information content (AvgIpc) is 0.784. The first-order chi connectivity index (χ1) is 60.2. The molecule has 0 aliphatic rings. The minimum atomic E-state index is 0.897. The maximum absolute atomic E-state index is 5.18. The Hall–Kier alpha value is -16.4. The van der Waals surface area contributed by atoms with Crippen LogP contribution in [-0.2, 0) is 0 Å². The van der Waals surface area contributed by atoms with Crippen molar-refractivity contribution in [2.45, 2.75) is 13.8 Å². The molecule has 0 aliphatic heterocycles. The van der Waals surface area contributed by atoms with Crippen LogP contribution in [0.15, 0.2) is 389 Å². The van der Waals surface area contributed by atoms with Gasteiger partial charge in [0.05, 0.1) is 112 Å². The lowest BCUT2D eigenvalue weighted by atomic mass is 9.98. The number of aryl methyl sites for hydroxylation is 2. The van der Waals surface area contributed by atoms with Crippen LogP contribution in [0.3, 0.4) is 0 Å². The molecule has 0 atom stereocenters. The van der Waals surface area contributed by atoms with Crippen molar-refractivity contribution in [3.63, 3.8) is 0 Å². The van der Waals surface area contributed by atoms with E-state index in [1.165, 1.54) is 0 Å². The van der Waals surface area contributed by atoms with E-state index in [1.54, 1.807) is 0 Å². The van der Waals surface area contributed by atoms with Crippen LogP contribution in [0.25, 0.3) is 232 Å². The summed E-state index contributed by atoms with van der Waals surface area (Å²) in [4.78, 5) is 59.4. The summed E-state index contributed by atoms with van der Waals surface area (Å²) in [6, 6.07) is 130. The lowest BCUT2D eigenvalue weighted by Crippen LogP contribution is -1.92. The first kappa shape index (κ1) is 72.1. The smallest absolute Gasteiger partial charge is 0.0972 e. The van der Waals surface area contributed by atoms with Gasteiger partial charge in [0.2, 0.25) is 0 Å². The number of hydrogen-bond acceptors (Lipinski definition) is 12. The van der Waals surface area contributed by atoms with Crippen LogP contribution in [0.4, 0.5) is 0 Å². The van der Waals surface area contributed by atoms with Gasteiger partial charge >= 0.3 is 0 Å². The molecule has 12 aromatic heterocycles. The molecule has 570 valence electrons. The Kier molecular flexibility index (Phi) is 18.0. The SMILES string of the molecule is Cc1ccc2ccc3ccc(-c4ccc(-c5ccc6ccc7ccc(C)nc7c6n5)cc4)nc3c2n1.c1cc(-c2cccc(-c3ccc4ccc5cccnc5c4n3)c2)cc(-c2ccc3ccc4cccnc4c3n2)c1.c1ccc(-c2ccc3ccc4ccc(-c5cccc(-c6ccc7ccc8ccc(-c9ccccc9)nc8c7n6)c5)nc4c3n2)cc1. The molecule has 0 saturated carbocycles. The highest BCUT2D eigenvalue weighted by Crippen LogP contribution is 2.38. The van der Waals surface area contributed by atoms with E-state index in [-0.39, 0.29) is 0 Å². The van der Waals surface area contributed by atoms with E-state index in [0.717, 1.165) is 243 Å². The van der Waals surface area contributed by atoms with Crippen LogP contribution >= 0.6 is 0 Å². The summed E-state index contributed by atoms with van der Waals surface area (Å²) in [5.41, 5.74) is 31.2. The van der Waals surface area contributed by atoms with Gasteiger partial charge in [0.25, 0.3) is 0 Å². The zero-order chi connectivity index (χ0) is 81.1. The average molecular weight is 1560 g/mol. The van der Waals surface area contributed by atoms with Crippen molar-refractivity contribution in [3.8, 4) is 101 Å². The molecule has 0 N–H and O–H groups in total. The van der Waals surface area contributed by atoms with Crippen molar-refractivity contribution in [2.75, 3.05) is 0 Å². The second-order valence-corrected chi connectivity index (χ2v) is 30.8. The van der Waals surface area contributed by atoms with E-state index >= 15 is 0 Å². The van der Waals surface area contributed by atoms with Crippen LogP contribution in [-0.4, -0.2) is 59.8 Å². The van der Waals surface area contributed by atoms with Crippen molar-refractivity contribution in [1.29, 1.82) is 0 Å². The van der Waals surface area contributed by atoms with Crippen LogP contribution in [0.2, 0.25) is 0 Å². The summed E-state index contributed by atoms with van der Waals surface area (Å²) < 4.78 is 0. The highest BCUT2D eigenvalue weighted by molar-refractivity contribution is 6.09. The normalized spacial score (nSPS) is 11.5. The summed E-state index contributed by atoms with van der Waals surface area (Å²) in [5, 5.41) is 13.0. The van der Waals surface area contributed by atoms with Crippen LogP contribution < -0.4 is 0 Å². The maximum atomic E-state index is 5.18. The molecule has 0 aliphatic carbocycles. The summed E-state index contributed by atoms with van der Waals surface area (Å²) >= 11 is 0.